The number of hydrogen-bond acceptors (Lipinski definition) is 6. The van der Waals surface area contributed by atoms with Gasteiger partial charge in [0.1, 0.15) is 5.75 Å². The average Bonchev–Trinajstić information content (AvgIpc) is 3.36. The maximum Gasteiger partial charge on any atom is 0.228 e. The summed E-state index contributed by atoms with van der Waals surface area (Å²) in [7, 11) is 1.61. The summed E-state index contributed by atoms with van der Waals surface area (Å²) in [5.41, 5.74) is 2.36. The minimum atomic E-state index is -0.878. The number of benzene rings is 2. The van der Waals surface area contributed by atoms with E-state index >= 15 is 0 Å². The summed E-state index contributed by atoms with van der Waals surface area (Å²) in [5.74, 6) is 1.44. The van der Waals surface area contributed by atoms with Gasteiger partial charge in [-0.15, -0.1) is 0 Å². The van der Waals surface area contributed by atoms with Crippen molar-refractivity contribution in [3.05, 3.63) is 71.5 Å². The molecule has 2 aromatic heterocycles. The zero-order chi connectivity index (χ0) is 22.9. The van der Waals surface area contributed by atoms with E-state index in [1.165, 1.54) is 6.07 Å². The molecule has 3 heterocycles. The molecule has 0 bridgehead atoms. The van der Waals surface area contributed by atoms with E-state index in [2.05, 4.69) is 10.1 Å². The van der Waals surface area contributed by atoms with Gasteiger partial charge in [0.2, 0.25) is 5.95 Å². The Morgan fingerprint density at radius 2 is 1.91 bits per heavy atom. The molecule has 0 aliphatic carbocycles. The zero-order valence-corrected chi connectivity index (χ0v) is 18.4. The lowest BCUT2D eigenvalue weighted by Gasteiger charge is -2.21. The number of halogens is 2. The third-order valence-corrected chi connectivity index (χ3v) is 5.67. The number of methoxy groups -OCH3 is 1. The van der Waals surface area contributed by atoms with Crippen LogP contribution in [0.5, 0.6) is 5.75 Å². The Kier molecular flexibility index (Phi) is 5.53. The molecule has 1 aliphatic heterocycles. The minimum Gasteiger partial charge on any atom is -0.496 e. The van der Waals surface area contributed by atoms with Gasteiger partial charge in [-0.25, -0.2) is 18.4 Å². The first-order valence-corrected chi connectivity index (χ1v) is 10.8. The van der Waals surface area contributed by atoms with Crippen LogP contribution in [0, 0.1) is 18.6 Å². The fourth-order valence-corrected chi connectivity index (χ4v) is 4.05. The zero-order valence-electron chi connectivity index (χ0n) is 18.4. The average molecular weight is 451 g/mol. The van der Waals surface area contributed by atoms with Crippen LogP contribution in [0.25, 0.3) is 11.3 Å². The lowest BCUT2D eigenvalue weighted by molar-refractivity contribution is 0.413. The molecule has 0 spiro atoms. The first kappa shape index (κ1) is 21.1. The standard InChI is InChI=1S/C24H23F2N5O2/c1-15-27-14-22(33-15)18-7-5-16(11-21(18)32-2)12-23-28-24-30(9-3-4-10-31(24)29-23)17-6-8-19(25)20(26)13-17/h5-8,11,13-14H,3-4,9-10,12H2,1-2H3. The van der Waals surface area contributed by atoms with Crippen molar-refractivity contribution in [2.45, 2.75) is 32.7 Å². The van der Waals surface area contributed by atoms with Crippen molar-refractivity contribution in [3.8, 4) is 17.1 Å². The highest BCUT2D eigenvalue weighted by molar-refractivity contribution is 5.66. The van der Waals surface area contributed by atoms with E-state index in [9.17, 15) is 8.78 Å². The molecule has 33 heavy (non-hydrogen) atoms. The van der Waals surface area contributed by atoms with Crippen LogP contribution in [0.1, 0.15) is 30.1 Å². The second-order valence-corrected chi connectivity index (χ2v) is 7.96. The quantitative estimate of drug-likeness (QED) is 0.423. The predicted molar refractivity (Wildman–Crippen MR) is 119 cm³/mol. The molecule has 9 heteroatoms. The second kappa shape index (κ2) is 8.65. The molecular weight excluding hydrogens is 428 g/mol. The van der Waals surface area contributed by atoms with E-state index in [-0.39, 0.29) is 0 Å². The molecule has 7 nitrogen and oxygen atoms in total. The van der Waals surface area contributed by atoms with E-state index in [1.807, 2.05) is 27.8 Å². The molecule has 0 unspecified atom stereocenters. The third kappa shape index (κ3) is 4.18. The molecule has 0 N–H and O–H groups in total. The van der Waals surface area contributed by atoms with Crippen LogP contribution in [-0.2, 0) is 13.0 Å². The largest absolute Gasteiger partial charge is 0.496 e. The Morgan fingerprint density at radius 1 is 1.06 bits per heavy atom. The fourth-order valence-electron chi connectivity index (χ4n) is 4.05. The van der Waals surface area contributed by atoms with Crippen molar-refractivity contribution < 1.29 is 17.9 Å². The Labute approximate surface area is 189 Å². The summed E-state index contributed by atoms with van der Waals surface area (Å²) in [6.45, 7) is 3.17. The van der Waals surface area contributed by atoms with Crippen LogP contribution in [0.15, 0.2) is 47.0 Å². The van der Waals surface area contributed by atoms with Gasteiger partial charge in [0, 0.05) is 38.2 Å². The Hall–Kier alpha value is -3.75. The van der Waals surface area contributed by atoms with Crippen LogP contribution < -0.4 is 9.64 Å². The molecule has 5 rings (SSSR count). The van der Waals surface area contributed by atoms with E-state index in [4.69, 9.17) is 14.1 Å². The van der Waals surface area contributed by atoms with Crippen LogP contribution in [0.3, 0.4) is 0 Å². The van der Waals surface area contributed by atoms with Gasteiger partial charge in [-0.2, -0.15) is 10.1 Å². The molecule has 0 fully saturated rings. The molecule has 170 valence electrons. The van der Waals surface area contributed by atoms with Gasteiger partial charge in [0.25, 0.3) is 0 Å². The fraction of sp³-hybridized carbons (Fsp3) is 0.292. The number of anilines is 2. The van der Waals surface area contributed by atoms with Gasteiger partial charge in [0.05, 0.1) is 18.9 Å². The lowest BCUT2D eigenvalue weighted by atomic mass is 10.1. The molecule has 0 radical (unpaired) electrons. The summed E-state index contributed by atoms with van der Waals surface area (Å²) in [4.78, 5) is 10.8. The molecule has 4 aromatic rings. The SMILES string of the molecule is COc1cc(Cc2nc3n(n2)CCCCN3c2ccc(F)c(F)c2)ccc1-c1cnc(C)o1. The summed E-state index contributed by atoms with van der Waals surface area (Å²) in [5, 5.41) is 4.69. The molecule has 0 saturated heterocycles. The normalized spacial score (nSPS) is 13.6. The van der Waals surface area contributed by atoms with Crippen molar-refractivity contribution in [2.75, 3.05) is 18.6 Å². The van der Waals surface area contributed by atoms with E-state index in [1.54, 1.807) is 26.3 Å². The molecule has 0 amide bonds. The predicted octanol–water partition coefficient (Wildman–Crippen LogP) is 5.05. The number of ether oxygens (including phenoxy) is 1. The maximum absolute atomic E-state index is 13.9. The molecule has 0 saturated carbocycles. The Morgan fingerprint density at radius 3 is 2.67 bits per heavy atom. The lowest BCUT2D eigenvalue weighted by Crippen LogP contribution is -2.20. The topological polar surface area (TPSA) is 69.2 Å². The molecular formula is C24H23F2N5O2. The number of aryl methyl sites for hydroxylation is 2. The van der Waals surface area contributed by atoms with Crippen molar-refractivity contribution in [2.24, 2.45) is 0 Å². The summed E-state index contributed by atoms with van der Waals surface area (Å²) < 4.78 is 40.4. The van der Waals surface area contributed by atoms with Crippen molar-refractivity contribution in [1.29, 1.82) is 0 Å². The van der Waals surface area contributed by atoms with Gasteiger partial charge in [-0.3, -0.25) is 0 Å². The number of oxazole rings is 1. The summed E-state index contributed by atoms with van der Waals surface area (Å²) in [6, 6.07) is 9.76. The van der Waals surface area contributed by atoms with Crippen molar-refractivity contribution in [1.82, 2.24) is 19.7 Å². The van der Waals surface area contributed by atoms with Gasteiger partial charge in [0.15, 0.2) is 29.1 Å². The minimum absolute atomic E-state index is 0.498. The summed E-state index contributed by atoms with van der Waals surface area (Å²) in [6.07, 6.45) is 4.00. The maximum atomic E-state index is 13.9. The van der Waals surface area contributed by atoms with E-state index in [0.717, 1.165) is 36.6 Å². The van der Waals surface area contributed by atoms with Gasteiger partial charge >= 0.3 is 0 Å². The smallest absolute Gasteiger partial charge is 0.228 e. The van der Waals surface area contributed by atoms with Gasteiger partial charge < -0.3 is 14.1 Å². The monoisotopic (exact) mass is 451 g/mol. The highest BCUT2D eigenvalue weighted by Gasteiger charge is 2.22. The molecule has 2 aromatic carbocycles. The Balaban J connectivity index is 1.44. The molecule has 1 aliphatic rings. The van der Waals surface area contributed by atoms with E-state index < -0.39 is 11.6 Å². The van der Waals surface area contributed by atoms with Crippen molar-refractivity contribution in [3.63, 3.8) is 0 Å². The van der Waals surface area contributed by atoms with Crippen LogP contribution >= 0.6 is 0 Å². The third-order valence-electron chi connectivity index (χ3n) is 5.67. The van der Waals surface area contributed by atoms with Crippen LogP contribution in [-0.4, -0.2) is 33.4 Å². The second-order valence-electron chi connectivity index (χ2n) is 7.96. The van der Waals surface area contributed by atoms with Crippen molar-refractivity contribution >= 4 is 11.6 Å². The van der Waals surface area contributed by atoms with Crippen LogP contribution in [0.4, 0.5) is 20.4 Å². The highest BCUT2D eigenvalue weighted by Crippen LogP contribution is 2.33. The first-order chi connectivity index (χ1) is 16.0. The number of hydrogen-bond donors (Lipinski definition) is 0. The number of aromatic nitrogens is 4. The highest BCUT2D eigenvalue weighted by atomic mass is 19.2. The number of fused-ring (bicyclic) bond motifs is 1. The van der Waals surface area contributed by atoms with Crippen LogP contribution in [0.2, 0.25) is 0 Å². The molecule has 0 atom stereocenters. The number of rotatable bonds is 5. The number of nitrogens with zero attached hydrogens (tertiary/aromatic N) is 5. The van der Waals surface area contributed by atoms with Gasteiger partial charge in [-0.05, 0) is 42.7 Å². The summed E-state index contributed by atoms with van der Waals surface area (Å²) >= 11 is 0. The Bertz CT molecular complexity index is 1300. The van der Waals surface area contributed by atoms with Gasteiger partial charge in [-0.1, -0.05) is 6.07 Å². The first-order valence-electron chi connectivity index (χ1n) is 10.8. The van der Waals surface area contributed by atoms with E-state index in [0.29, 0.717) is 47.8 Å².